The van der Waals surface area contributed by atoms with E-state index in [0.717, 1.165) is 52.0 Å². The van der Waals surface area contributed by atoms with Crippen molar-refractivity contribution in [3.63, 3.8) is 0 Å². The zero-order chi connectivity index (χ0) is 23.9. The van der Waals surface area contributed by atoms with Crippen LogP contribution in [0.15, 0.2) is 54.6 Å². The summed E-state index contributed by atoms with van der Waals surface area (Å²) in [4.78, 5) is 34.3. The normalized spacial score (nSPS) is 15.3. The van der Waals surface area contributed by atoms with Crippen LogP contribution in [0.2, 0.25) is 0 Å². The molecule has 178 valence electrons. The Hall–Kier alpha value is -3.52. The first kappa shape index (κ1) is 22.0. The van der Waals surface area contributed by atoms with E-state index >= 15 is 0 Å². The van der Waals surface area contributed by atoms with Crippen LogP contribution in [-0.4, -0.2) is 50.6 Å². The van der Waals surface area contributed by atoms with Crippen molar-refractivity contribution in [2.75, 3.05) is 13.1 Å². The fourth-order valence-corrected chi connectivity index (χ4v) is 5.73. The number of rotatable bonds is 8. The number of nitrogens with one attached hydrogen (secondary N) is 1. The largest absolute Gasteiger partial charge is 0.349 e. The minimum absolute atomic E-state index is 0.0352. The second-order valence-electron chi connectivity index (χ2n) is 9.35. The van der Waals surface area contributed by atoms with Crippen LogP contribution in [0, 0.1) is 0 Å². The van der Waals surface area contributed by atoms with Crippen molar-refractivity contribution in [2.24, 2.45) is 7.05 Å². The molecule has 0 radical (unpaired) electrons. The van der Waals surface area contributed by atoms with E-state index in [1.165, 1.54) is 0 Å². The molecule has 2 aromatic heterocycles. The van der Waals surface area contributed by atoms with Crippen LogP contribution in [0.1, 0.15) is 57.6 Å². The highest BCUT2D eigenvalue weighted by Crippen LogP contribution is 2.45. The first-order chi connectivity index (χ1) is 17.1. The van der Waals surface area contributed by atoms with Gasteiger partial charge in [-0.25, -0.2) is 4.98 Å². The lowest BCUT2D eigenvalue weighted by molar-refractivity contribution is 0.0732. The van der Waals surface area contributed by atoms with Crippen molar-refractivity contribution in [3.05, 3.63) is 71.0 Å². The minimum Gasteiger partial charge on any atom is -0.349 e. The summed E-state index contributed by atoms with van der Waals surface area (Å²) < 4.78 is 1.72. The Morgan fingerprint density at radius 1 is 1.03 bits per heavy atom. The number of carbonyl (C=O) groups excluding carboxylic acids is 2. The smallest absolute Gasteiger partial charge is 0.274 e. The van der Waals surface area contributed by atoms with Gasteiger partial charge in [-0.3, -0.25) is 14.3 Å². The number of aromatic nitrogens is 3. The molecule has 2 aromatic carbocycles. The number of fused-ring (bicyclic) bond motifs is 1. The van der Waals surface area contributed by atoms with Gasteiger partial charge in [0.2, 0.25) is 0 Å². The zero-order valence-corrected chi connectivity index (χ0v) is 20.4. The summed E-state index contributed by atoms with van der Waals surface area (Å²) in [6.45, 7) is 0.816. The van der Waals surface area contributed by atoms with Crippen LogP contribution >= 0.6 is 11.3 Å². The third-order valence-corrected chi connectivity index (χ3v) is 7.94. The van der Waals surface area contributed by atoms with Crippen molar-refractivity contribution in [3.8, 4) is 10.4 Å². The maximum absolute atomic E-state index is 13.7. The van der Waals surface area contributed by atoms with Gasteiger partial charge in [0.1, 0.15) is 5.69 Å². The van der Waals surface area contributed by atoms with E-state index in [1.807, 2.05) is 66.5 Å². The van der Waals surface area contributed by atoms with Gasteiger partial charge >= 0.3 is 0 Å². The Morgan fingerprint density at radius 3 is 2.51 bits per heavy atom. The van der Waals surface area contributed by atoms with Gasteiger partial charge in [0.15, 0.2) is 5.69 Å². The maximum Gasteiger partial charge on any atom is 0.274 e. The zero-order valence-electron chi connectivity index (χ0n) is 19.6. The van der Waals surface area contributed by atoms with Gasteiger partial charge in [-0.2, -0.15) is 5.10 Å². The highest BCUT2D eigenvalue weighted by atomic mass is 32.1. The van der Waals surface area contributed by atoms with Crippen LogP contribution in [0.25, 0.3) is 21.3 Å². The third kappa shape index (κ3) is 4.34. The summed E-state index contributed by atoms with van der Waals surface area (Å²) in [6, 6.07) is 18.0. The Balaban J connectivity index is 1.20. The van der Waals surface area contributed by atoms with Crippen molar-refractivity contribution in [1.82, 2.24) is 25.0 Å². The number of thiazole rings is 1. The monoisotopic (exact) mass is 485 g/mol. The predicted octanol–water partition coefficient (Wildman–Crippen LogP) is 4.61. The number of carbonyl (C=O) groups is 2. The average molecular weight is 486 g/mol. The quantitative estimate of drug-likeness (QED) is 0.395. The third-order valence-electron chi connectivity index (χ3n) is 6.67. The number of hydrogen-bond donors (Lipinski definition) is 1. The van der Waals surface area contributed by atoms with E-state index in [0.29, 0.717) is 30.4 Å². The van der Waals surface area contributed by atoms with Gasteiger partial charge < -0.3 is 10.2 Å². The van der Waals surface area contributed by atoms with E-state index < -0.39 is 0 Å². The fourth-order valence-electron chi connectivity index (χ4n) is 4.50. The lowest BCUT2D eigenvalue weighted by atomic mass is 10.1. The first-order valence-electron chi connectivity index (χ1n) is 12.2. The molecule has 2 heterocycles. The molecule has 6 rings (SSSR count). The molecule has 0 saturated heterocycles. The molecule has 0 atom stereocenters. The molecule has 0 spiro atoms. The first-order valence-corrected chi connectivity index (χ1v) is 13.0. The molecular formula is C27H27N5O2S. The van der Waals surface area contributed by atoms with Crippen LogP contribution < -0.4 is 5.32 Å². The van der Waals surface area contributed by atoms with Crippen molar-refractivity contribution < 1.29 is 9.59 Å². The molecule has 2 aliphatic rings. The summed E-state index contributed by atoms with van der Waals surface area (Å²) in [7, 11) is 1.83. The standard InChI is InChI=1S/C27H27N5O2S/c1-31-21-10-6-5-9-20(21)22(30-31)25(33)28-15-16-32(19-13-14-19)27(34)23-24(17-7-3-2-4-8-17)35-26(29-23)18-11-12-18/h2-10,18-19H,11-16H2,1H3,(H,28,33). The second-order valence-corrected chi connectivity index (χ2v) is 10.4. The minimum atomic E-state index is -0.223. The van der Waals surface area contributed by atoms with E-state index in [9.17, 15) is 9.59 Å². The Morgan fingerprint density at radius 2 is 1.77 bits per heavy atom. The summed E-state index contributed by atoms with van der Waals surface area (Å²) in [6.07, 6.45) is 4.28. The Kier molecular flexibility index (Phi) is 5.60. The molecule has 2 saturated carbocycles. The van der Waals surface area contributed by atoms with Crippen molar-refractivity contribution in [1.29, 1.82) is 0 Å². The number of nitrogens with zero attached hydrogens (tertiary/aromatic N) is 4. The van der Waals surface area contributed by atoms with E-state index in [-0.39, 0.29) is 17.9 Å². The number of amides is 2. The summed E-state index contributed by atoms with van der Waals surface area (Å²) in [5.41, 5.74) is 2.91. The highest BCUT2D eigenvalue weighted by Gasteiger charge is 2.37. The van der Waals surface area contributed by atoms with E-state index in [4.69, 9.17) is 4.98 Å². The van der Waals surface area contributed by atoms with Crippen LogP contribution in [0.4, 0.5) is 0 Å². The van der Waals surface area contributed by atoms with Crippen LogP contribution in [0.3, 0.4) is 0 Å². The average Bonchev–Trinajstić information content (AvgIpc) is 3.83. The topological polar surface area (TPSA) is 80.1 Å². The SMILES string of the molecule is Cn1nc(C(=O)NCCN(C(=O)c2nc(C3CC3)sc2-c2ccccc2)C2CC2)c2ccccc21. The number of para-hydroxylation sites is 1. The predicted molar refractivity (Wildman–Crippen MR) is 137 cm³/mol. The molecular weight excluding hydrogens is 458 g/mol. The van der Waals surface area contributed by atoms with Gasteiger partial charge in [-0.15, -0.1) is 11.3 Å². The molecule has 8 heteroatoms. The van der Waals surface area contributed by atoms with Gasteiger partial charge in [-0.1, -0.05) is 48.5 Å². The van der Waals surface area contributed by atoms with Crippen LogP contribution in [0.5, 0.6) is 0 Å². The summed E-state index contributed by atoms with van der Waals surface area (Å²) in [5.74, 6) is 0.234. The van der Waals surface area contributed by atoms with E-state index in [1.54, 1.807) is 16.0 Å². The highest BCUT2D eigenvalue weighted by molar-refractivity contribution is 7.15. The van der Waals surface area contributed by atoms with Gasteiger partial charge in [0.05, 0.1) is 15.4 Å². The molecule has 35 heavy (non-hydrogen) atoms. The van der Waals surface area contributed by atoms with E-state index in [2.05, 4.69) is 10.4 Å². The molecule has 4 aromatic rings. The molecule has 1 N–H and O–H groups in total. The van der Waals surface area contributed by atoms with Gasteiger partial charge in [0, 0.05) is 37.5 Å². The van der Waals surface area contributed by atoms with Crippen LogP contribution in [-0.2, 0) is 7.05 Å². The second kappa shape index (κ2) is 8.92. The Bertz CT molecular complexity index is 1400. The van der Waals surface area contributed by atoms with Crippen molar-refractivity contribution >= 4 is 34.1 Å². The fraction of sp³-hybridized carbons (Fsp3) is 0.333. The lowest BCUT2D eigenvalue weighted by Gasteiger charge is -2.22. The molecule has 0 aliphatic heterocycles. The number of aryl methyl sites for hydroxylation is 1. The van der Waals surface area contributed by atoms with Gasteiger partial charge in [-0.05, 0) is 37.3 Å². The maximum atomic E-state index is 13.7. The van der Waals surface area contributed by atoms with Gasteiger partial charge in [0.25, 0.3) is 11.8 Å². The van der Waals surface area contributed by atoms with Crippen molar-refractivity contribution in [2.45, 2.75) is 37.6 Å². The lowest BCUT2D eigenvalue weighted by Crippen LogP contribution is -2.40. The molecule has 2 amide bonds. The summed E-state index contributed by atoms with van der Waals surface area (Å²) >= 11 is 1.65. The number of benzene rings is 2. The Labute approximate surface area is 207 Å². The molecule has 0 unspecified atom stereocenters. The molecule has 2 aliphatic carbocycles. The molecule has 2 fully saturated rings. The molecule has 0 bridgehead atoms. The number of hydrogen-bond acceptors (Lipinski definition) is 5. The molecule has 7 nitrogen and oxygen atoms in total. The summed E-state index contributed by atoms with van der Waals surface area (Å²) in [5, 5.41) is 9.27.